The zero-order chi connectivity index (χ0) is 11.6. The second kappa shape index (κ2) is 8.31. The van der Waals surface area contributed by atoms with Gasteiger partial charge in [0.2, 0.25) is 0 Å². The van der Waals surface area contributed by atoms with Gasteiger partial charge in [0, 0.05) is 6.54 Å². The largest absolute Gasteiger partial charge is 0.316 e. The minimum absolute atomic E-state index is 0.747. The van der Waals surface area contributed by atoms with Crippen LogP contribution < -0.4 is 10.6 Å². The summed E-state index contributed by atoms with van der Waals surface area (Å²) in [7, 11) is 0. The van der Waals surface area contributed by atoms with E-state index in [1.54, 1.807) is 0 Å². The Morgan fingerprint density at radius 1 is 1.00 bits per heavy atom. The Labute approximate surface area is 99.5 Å². The molecule has 0 aromatic heterocycles. The van der Waals surface area contributed by atoms with Gasteiger partial charge in [-0.05, 0) is 37.5 Å². The molecule has 2 nitrogen and oxygen atoms in total. The van der Waals surface area contributed by atoms with E-state index in [4.69, 9.17) is 0 Å². The van der Waals surface area contributed by atoms with Crippen molar-refractivity contribution < 1.29 is 0 Å². The SMILES string of the molecule is CC(C)CNCCCNCc1ccccc1. The molecule has 0 bridgehead atoms. The monoisotopic (exact) mass is 220 g/mol. The second-order valence-corrected chi connectivity index (χ2v) is 4.61. The number of benzene rings is 1. The Morgan fingerprint density at radius 3 is 2.38 bits per heavy atom. The van der Waals surface area contributed by atoms with E-state index in [1.165, 1.54) is 12.0 Å². The highest BCUT2D eigenvalue weighted by atomic mass is 14.9. The number of rotatable bonds is 8. The number of hydrogen-bond acceptors (Lipinski definition) is 2. The lowest BCUT2D eigenvalue weighted by atomic mass is 10.2. The van der Waals surface area contributed by atoms with Gasteiger partial charge in [-0.3, -0.25) is 0 Å². The Balaban J connectivity index is 1.93. The van der Waals surface area contributed by atoms with E-state index in [9.17, 15) is 0 Å². The van der Waals surface area contributed by atoms with E-state index in [0.29, 0.717) is 0 Å². The zero-order valence-corrected chi connectivity index (χ0v) is 10.5. The minimum atomic E-state index is 0.747. The first kappa shape index (κ1) is 13.2. The summed E-state index contributed by atoms with van der Waals surface area (Å²) in [5.74, 6) is 0.747. The maximum absolute atomic E-state index is 3.45. The molecule has 0 saturated heterocycles. The lowest BCUT2D eigenvalue weighted by molar-refractivity contribution is 0.530. The maximum atomic E-state index is 3.45. The lowest BCUT2D eigenvalue weighted by Gasteiger charge is -2.08. The van der Waals surface area contributed by atoms with Crippen molar-refractivity contribution in [2.75, 3.05) is 19.6 Å². The van der Waals surface area contributed by atoms with Crippen molar-refractivity contribution in [2.45, 2.75) is 26.8 Å². The van der Waals surface area contributed by atoms with Crippen LogP contribution in [0.4, 0.5) is 0 Å². The Kier molecular flexibility index (Phi) is 6.86. The van der Waals surface area contributed by atoms with E-state index in [-0.39, 0.29) is 0 Å². The van der Waals surface area contributed by atoms with Crippen molar-refractivity contribution in [3.8, 4) is 0 Å². The summed E-state index contributed by atoms with van der Waals surface area (Å²) < 4.78 is 0. The van der Waals surface area contributed by atoms with Crippen molar-refractivity contribution in [3.63, 3.8) is 0 Å². The molecule has 0 aliphatic carbocycles. The van der Waals surface area contributed by atoms with E-state index < -0.39 is 0 Å². The first-order chi connectivity index (χ1) is 7.79. The minimum Gasteiger partial charge on any atom is -0.316 e. The van der Waals surface area contributed by atoms with E-state index >= 15 is 0 Å². The predicted molar refractivity (Wildman–Crippen MR) is 70.5 cm³/mol. The van der Waals surface area contributed by atoms with Gasteiger partial charge in [-0.2, -0.15) is 0 Å². The van der Waals surface area contributed by atoms with Crippen LogP contribution in [-0.2, 0) is 6.54 Å². The predicted octanol–water partition coefficient (Wildman–Crippen LogP) is 2.41. The van der Waals surface area contributed by atoms with Crippen LogP contribution in [0.2, 0.25) is 0 Å². The molecular weight excluding hydrogens is 196 g/mol. The molecule has 0 unspecified atom stereocenters. The molecule has 90 valence electrons. The number of nitrogens with one attached hydrogen (secondary N) is 2. The highest BCUT2D eigenvalue weighted by Crippen LogP contribution is 1.96. The van der Waals surface area contributed by atoms with Crippen LogP contribution in [0.5, 0.6) is 0 Å². The molecule has 16 heavy (non-hydrogen) atoms. The number of hydrogen-bond donors (Lipinski definition) is 2. The summed E-state index contributed by atoms with van der Waals surface area (Å²) in [6, 6.07) is 10.5. The summed E-state index contributed by atoms with van der Waals surface area (Å²) >= 11 is 0. The molecule has 1 aromatic carbocycles. The van der Waals surface area contributed by atoms with Crippen molar-refractivity contribution >= 4 is 0 Å². The molecule has 2 N–H and O–H groups in total. The van der Waals surface area contributed by atoms with Gasteiger partial charge in [-0.25, -0.2) is 0 Å². The molecular formula is C14H24N2. The quantitative estimate of drug-likeness (QED) is 0.657. The second-order valence-electron chi connectivity index (χ2n) is 4.61. The molecule has 0 heterocycles. The average Bonchev–Trinajstić information content (AvgIpc) is 2.29. The molecule has 0 aliphatic rings. The normalized spacial score (nSPS) is 10.9. The van der Waals surface area contributed by atoms with Crippen LogP contribution in [0, 0.1) is 5.92 Å². The smallest absolute Gasteiger partial charge is 0.0205 e. The molecule has 1 rings (SSSR count). The van der Waals surface area contributed by atoms with Crippen molar-refractivity contribution in [3.05, 3.63) is 35.9 Å². The molecule has 0 amide bonds. The Bertz CT molecular complexity index is 257. The van der Waals surface area contributed by atoms with Crippen LogP contribution in [0.25, 0.3) is 0 Å². The van der Waals surface area contributed by atoms with E-state index in [2.05, 4.69) is 54.8 Å². The molecule has 0 aliphatic heterocycles. The standard InChI is InChI=1S/C14H24N2/c1-13(2)11-15-9-6-10-16-12-14-7-4-3-5-8-14/h3-5,7-8,13,15-16H,6,9-12H2,1-2H3. The summed E-state index contributed by atoms with van der Waals surface area (Å²) in [6.07, 6.45) is 1.19. The molecule has 1 aromatic rings. The van der Waals surface area contributed by atoms with Gasteiger partial charge in [0.25, 0.3) is 0 Å². The molecule has 0 spiro atoms. The van der Waals surface area contributed by atoms with E-state index in [0.717, 1.165) is 32.1 Å². The first-order valence-electron chi connectivity index (χ1n) is 6.24. The fourth-order valence-electron chi connectivity index (χ4n) is 1.56. The molecule has 0 atom stereocenters. The van der Waals surface area contributed by atoms with Crippen LogP contribution in [0.15, 0.2) is 30.3 Å². The van der Waals surface area contributed by atoms with Gasteiger partial charge in [-0.1, -0.05) is 44.2 Å². The van der Waals surface area contributed by atoms with Crippen LogP contribution in [0.3, 0.4) is 0 Å². The lowest BCUT2D eigenvalue weighted by Crippen LogP contribution is -2.24. The third-order valence-electron chi connectivity index (χ3n) is 2.43. The van der Waals surface area contributed by atoms with Gasteiger partial charge in [-0.15, -0.1) is 0 Å². The third kappa shape index (κ3) is 6.59. The summed E-state index contributed by atoms with van der Waals surface area (Å²) in [5.41, 5.74) is 1.36. The van der Waals surface area contributed by atoms with Crippen LogP contribution in [-0.4, -0.2) is 19.6 Å². The zero-order valence-electron chi connectivity index (χ0n) is 10.5. The topological polar surface area (TPSA) is 24.1 Å². The third-order valence-corrected chi connectivity index (χ3v) is 2.43. The fourth-order valence-corrected chi connectivity index (χ4v) is 1.56. The van der Waals surface area contributed by atoms with Crippen molar-refractivity contribution in [2.24, 2.45) is 5.92 Å². The molecule has 0 fully saturated rings. The Morgan fingerprint density at radius 2 is 1.69 bits per heavy atom. The first-order valence-corrected chi connectivity index (χ1v) is 6.24. The molecule has 0 radical (unpaired) electrons. The summed E-state index contributed by atoms with van der Waals surface area (Å²) in [5, 5.41) is 6.89. The van der Waals surface area contributed by atoms with Gasteiger partial charge in [0.05, 0.1) is 0 Å². The van der Waals surface area contributed by atoms with Crippen molar-refractivity contribution in [1.82, 2.24) is 10.6 Å². The molecule has 2 heteroatoms. The van der Waals surface area contributed by atoms with Crippen LogP contribution in [0.1, 0.15) is 25.8 Å². The van der Waals surface area contributed by atoms with Gasteiger partial charge in [0.15, 0.2) is 0 Å². The van der Waals surface area contributed by atoms with Gasteiger partial charge in [0.1, 0.15) is 0 Å². The van der Waals surface area contributed by atoms with Crippen LogP contribution >= 0.6 is 0 Å². The van der Waals surface area contributed by atoms with Crippen molar-refractivity contribution in [1.29, 1.82) is 0 Å². The molecule has 0 saturated carbocycles. The van der Waals surface area contributed by atoms with Gasteiger partial charge < -0.3 is 10.6 Å². The highest BCUT2D eigenvalue weighted by Gasteiger charge is 1.93. The summed E-state index contributed by atoms with van der Waals surface area (Å²) in [6.45, 7) is 8.77. The fraction of sp³-hybridized carbons (Fsp3) is 0.571. The highest BCUT2D eigenvalue weighted by molar-refractivity contribution is 5.14. The summed E-state index contributed by atoms with van der Waals surface area (Å²) in [4.78, 5) is 0. The van der Waals surface area contributed by atoms with Gasteiger partial charge >= 0.3 is 0 Å². The Hall–Kier alpha value is -0.860. The van der Waals surface area contributed by atoms with E-state index in [1.807, 2.05) is 0 Å². The maximum Gasteiger partial charge on any atom is 0.0205 e. The average molecular weight is 220 g/mol.